The number of hydrogen-bond acceptors (Lipinski definition) is 4. The van der Waals surface area contributed by atoms with Gasteiger partial charge in [-0.1, -0.05) is 0 Å². The van der Waals surface area contributed by atoms with Crippen molar-refractivity contribution in [3.8, 4) is 0 Å². The first-order valence-electron chi connectivity index (χ1n) is 4.38. The summed E-state index contributed by atoms with van der Waals surface area (Å²) in [5.74, 6) is -0.471. The third kappa shape index (κ3) is 10.9. The van der Waals surface area contributed by atoms with Crippen LogP contribution in [0, 0.1) is 0 Å². The normalized spacial score (nSPS) is 9.71. The lowest BCUT2D eigenvalue weighted by molar-refractivity contribution is -0.122. The SMILES string of the molecule is NC(=O)COCCCOCCNC=O. The van der Waals surface area contributed by atoms with Crippen LogP contribution < -0.4 is 11.1 Å². The van der Waals surface area contributed by atoms with Gasteiger partial charge in [-0.2, -0.15) is 0 Å². The fourth-order valence-electron chi connectivity index (χ4n) is 0.728. The second-order valence-electron chi connectivity index (χ2n) is 2.56. The van der Waals surface area contributed by atoms with Crippen LogP contribution in [0.25, 0.3) is 0 Å². The number of ether oxygens (including phenoxy) is 2. The van der Waals surface area contributed by atoms with Crippen LogP contribution in [0.2, 0.25) is 0 Å². The van der Waals surface area contributed by atoms with Crippen molar-refractivity contribution >= 4 is 12.3 Å². The summed E-state index contributed by atoms with van der Waals surface area (Å²) < 4.78 is 10.0. The molecule has 0 spiro atoms. The Kier molecular flexibility index (Phi) is 9.13. The van der Waals surface area contributed by atoms with Crippen LogP contribution in [0.15, 0.2) is 0 Å². The predicted molar refractivity (Wildman–Crippen MR) is 49.5 cm³/mol. The molecule has 0 aromatic carbocycles. The van der Waals surface area contributed by atoms with E-state index in [1.54, 1.807) is 0 Å². The molecule has 0 radical (unpaired) electrons. The van der Waals surface area contributed by atoms with Crippen LogP contribution in [0.1, 0.15) is 6.42 Å². The van der Waals surface area contributed by atoms with E-state index in [4.69, 9.17) is 15.2 Å². The van der Waals surface area contributed by atoms with Gasteiger partial charge >= 0.3 is 0 Å². The first-order valence-corrected chi connectivity index (χ1v) is 4.38. The fourth-order valence-corrected chi connectivity index (χ4v) is 0.728. The second kappa shape index (κ2) is 9.94. The Bertz CT molecular complexity index is 163. The van der Waals surface area contributed by atoms with Crippen molar-refractivity contribution in [3.05, 3.63) is 0 Å². The Balaban J connectivity index is 2.92. The second-order valence-corrected chi connectivity index (χ2v) is 2.56. The monoisotopic (exact) mass is 204 g/mol. The summed E-state index contributed by atoms with van der Waals surface area (Å²) in [6.07, 6.45) is 1.33. The maximum Gasteiger partial charge on any atom is 0.243 e. The van der Waals surface area contributed by atoms with Crippen molar-refractivity contribution in [2.24, 2.45) is 5.73 Å². The van der Waals surface area contributed by atoms with Crippen LogP contribution in [0.3, 0.4) is 0 Å². The fraction of sp³-hybridized carbons (Fsp3) is 0.750. The van der Waals surface area contributed by atoms with Crippen molar-refractivity contribution in [3.63, 3.8) is 0 Å². The van der Waals surface area contributed by atoms with Gasteiger partial charge in [0, 0.05) is 19.8 Å². The molecule has 0 aliphatic rings. The van der Waals surface area contributed by atoms with E-state index in [-0.39, 0.29) is 6.61 Å². The molecule has 3 N–H and O–H groups in total. The summed E-state index contributed by atoms with van der Waals surface area (Å²) in [6, 6.07) is 0. The van der Waals surface area contributed by atoms with Gasteiger partial charge < -0.3 is 20.5 Å². The molecule has 0 fully saturated rings. The van der Waals surface area contributed by atoms with Crippen LogP contribution in [0.4, 0.5) is 0 Å². The number of nitrogens with one attached hydrogen (secondary N) is 1. The molecule has 0 saturated heterocycles. The smallest absolute Gasteiger partial charge is 0.243 e. The summed E-state index contributed by atoms with van der Waals surface area (Å²) >= 11 is 0. The maximum atomic E-state index is 10.2. The summed E-state index contributed by atoms with van der Waals surface area (Å²) in [6.45, 7) is 1.93. The zero-order valence-electron chi connectivity index (χ0n) is 8.03. The zero-order chi connectivity index (χ0) is 10.6. The summed E-state index contributed by atoms with van der Waals surface area (Å²) in [4.78, 5) is 20.0. The standard InChI is InChI=1S/C8H16N2O4/c9-8(12)6-14-4-1-3-13-5-2-10-7-11/h7H,1-6H2,(H2,9,12)(H,10,11). The number of primary amides is 1. The van der Waals surface area contributed by atoms with Crippen molar-refractivity contribution < 1.29 is 19.1 Å². The minimum absolute atomic E-state index is 0.0489. The number of hydrogen-bond donors (Lipinski definition) is 2. The van der Waals surface area contributed by atoms with E-state index >= 15 is 0 Å². The van der Waals surface area contributed by atoms with Gasteiger partial charge in [-0.05, 0) is 6.42 Å². The van der Waals surface area contributed by atoms with Gasteiger partial charge in [-0.3, -0.25) is 9.59 Å². The molecular weight excluding hydrogens is 188 g/mol. The molecule has 0 aliphatic heterocycles. The first-order chi connectivity index (χ1) is 6.77. The number of carbonyl (C=O) groups is 2. The Labute approximate surface area is 82.7 Å². The van der Waals surface area contributed by atoms with Gasteiger partial charge in [0.25, 0.3) is 0 Å². The van der Waals surface area contributed by atoms with Crippen LogP contribution in [-0.2, 0) is 19.1 Å². The van der Waals surface area contributed by atoms with Gasteiger partial charge in [0.05, 0.1) is 6.61 Å². The van der Waals surface area contributed by atoms with Gasteiger partial charge in [0.2, 0.25) is 12.3 Å². The molecule has 0 aromatic rings. The number of carbonyl (C=O) groups excluding carboxylic acids is 2. The molecule has 6 heteroatoms. The minimum atomic E-state index is -0.471. The van der Waals surface area contributed by atoms with Crippen LogP contribution >= 0.6 is 0 Å². The van der Waals surface area contributed by atoms with Gasteiger partial charge in [0.1, 0.15) is 6.61 Å². The predicted octanol–water partition coefficient (Wildman–Crippen LogP) is -1.36. The van der Waals surface area contributed by atoms with E-state index in [0.29, 0.717) is 39.2 Å². The molecule has 6 nitrogen and oxygen atoms in total. The summed E-state index contributed by atoms with van der Waals surface area (Å²) in [5, 5.41) is 2.47. The third-order valence-electron chi connectivity index (χ3n) is 1.30. The number of nitrogens with two attached hydrogens (primary N) is 1. The van der Waals surface area contributed by atoms with Crippen molar-refractivity contribution in [2.45, 2.75) is 6.42 Å². The Hall–Kier alpha value is -1.14. The lowest BCUT2D eigenvalue weighted by Gasteiger charge is -2.03. The minimum Gasteiger partial charge on any atom is -0.380 e. The largest absolute Gasteiger partial charge is 0.380 e. The highest BCUT2D eigenvalue weighted by Crippen LogP contribution is 1.84. The van der Waals surface area contributed by atoms with Gasteiger partial charge in [0.15, 0.2) is 0 Å². The zero-order valence-corrected chi connectivity index (χ0v) is 8.03. The number of rotatable bonds is 10. The van der Waals surface area contributed by atoms with Crippen LogP contribution in [0.5, 0.6) is 0 Å². The molecule has 2 amide bonds. The van der Waals surface area contributed by atoms with Gasteiger partial charge in [-0.15, -0.1) is 0 Å². The Morgan fingerprint density at radius 3 is 2.64 bits per heavy atom. The van der Waals surface area contributed by atoms with Crippen molar-refractivity contribution in [1.29, 1.82) is 0 Å². The number of amides is 2. The quantitative estimate of drug-likeness (QED) is 0.340. The maximum absolute atomic E-state index is 10.2. The Morgan fingerprint density at radius 1 is 1.29 bits per heavy atom. The molecule has 0 saturated carbocycles. The lowest BCUT2D eigenvalue weighted by atomic mass is 10.5. The molecule has 82 valence electrons. The molecule has 0 atom stereocenters. The van der Waals surface area contributed by atoms with Crippen molar-refractivity contribution in [2.75, 3.05) is 33.0 Å². The van der Waals surface area contributed by atoms with E-state index in [9.17, 15) is 9.59 Å². The Morgan fingerprint density at radius 2 is 2.00 bits per heavy atom. The molecule has 0 aromatic heterocycles. The van der Waals surface area contributed by atoms with Gasteiger partial charge in [-0.25, -0.2) is 0 Å². The molecular formula is C8H16N2O4. The molecule has 0 unspecified atom stereocenters. The summed E-state index contributed by atoms with van der Waals surface area (Å²) in [5.41, 5.74) is 4.85. The highest BCUT2D eigenvalue weighted by molar-refractivity contribution is 5.74. The highest BCUT2D eigenvalue weighted by atomic mass is 16.5. The van der Waals surface area contributed by atoms with E-state index < -0.39 is 5.91 Å². The molecule has 14 heavy (non-hydrogen) atoms. The average molecular weight is 204 g/mol. The third-order valence-corrected chi connectivity index (χ3v) is 1.30. The average Bonchev–Trinajstić information content (AvgIpc) is 2.15. The molecule has 0 heterocycles. The first kappa shape index (κ1) is 12.9. The highest BCUT2D eigenvalue weighted by Gasteiger charge is 1.93. The topological polar surface area (TPSA) is 90.7 Å². The van der Waals surface area contributed by atoms with Crippen molar-refractivity contribution in [1.82, 2.24) is 5.32 Å². The van der Waals surface area contributed by atoms with E-state index in [1.165, 1.54) is 0 Å². The van der Waals surface area contributed by atoms with E-state index in [2.05, 4.69) is 5.32 Å². The van der Waals surface area contributed by atoms with Crippen LogP contribution in [-0.4, -0.2) is 45.3 Å². The molecule has 0 aliphatic carbocycles. The summed E-state index contributed by atoms with van der Waals surface area (Å²) in [7, 11) is 0. The van der Waals surface area contributed by atoms with E-state index in [0.717, 1.165) is 0 Å². The lowest BCUT2D eigenvalue weighted by Crippen LogP contribution is -2.19. The molecule has 0 rings (SSSR count). The molecule has 0 bridgehead atoms. The van der Waals surface area contributed by atoms with E-state index in [1.807, 2.05) is 0 Å².